The minimum absolute atomic E-state index is 0.113. The van der Waals surface area contributed by atoms with Crippen LogP contribution in [0.1, 0.15) is 42.3 Å². The molecule has 2 heterocycles. The predicted octanol–water partition coefficient (Wildman–Crippen LogP) is 10.4. The monoisotopic (exact) mass is 616 g/mol. The smallest absolute Gasteiger partial charge is 0.211 e. The molecule has 0 bridgehead atoms. The zero-order chi connectivity index (χ0) is 32.0. The SMILES string of the molecule is CC1(C)c2ccccc2-c2c3c1cccc3cc1c2c2ccccc2n1C1=NC(c2ccccc2)=NC(c2ccc3ccccc3c2)N1. The van der Waals surface area contributed by atoms with Crippen molar-refractivity contribution in [3.63, 3.8) is 0 Å². The molecule has 4 heteroatoms. The van der Waals surface area contributed by atoms with Gasteiger partial charge in [-0.15, -0.1) is 0 Å². The number of aromatic nitrogens is 1. The molecule has 4 nitrogen and oxygen atoms in total. The lowest BCUT2D eigenvalue weighted by Crippen LogP contribution is -2.37. The van der Waals surface area contributed by atoms with Gasteiger partial charge in [0.1, 0.15) is 6.17 Å². The van der Waals surface area contributed by atoms with Gasteiger partial charge in [0.2, 0.25) is 5.96 Å². The molecular formula is C44H32N4. The molecule has 1 aliphatic heterocycles. The molecule has 0 radical (unpaired) electrons. The second-order valence-electron chi connectivity index (χ2n) is 13.5. The highest BCUT2D eigenvalue weighted by Gasteiger charge is 2.35. The Labute approximate surface area is 278 Å². The van der Waals surface area contributed by atoms with E-state index in [2.05, 4.69) is 151 Å². The van der Waals surface area contributed by atoms with Gasteiger partial charge >= 0.3 is 0 Å². The Morgan fingerprint density at radius 3 is 2.23 bits per heavy atom. The quantitative estimate of drug-likeness (QED) is 0.206. The molecule has 1 unspecified atom stereocenters. The third-order valence-electron chi connectivity index (χ3n) is 10.4. The van der Waals surface area contributed by atoms with Crippen LogP contribution in [0.4, 0.5) is 0 Å². The van der Waals surface area contributed by atoms with Crippen LogP contribution in [0.25, 0.3) is 54.5 Å². The summed E-state index contributed by atoms with van der Waals surface area (Å²) in [6, 6.07) is 52.3. The summed E-state index contributed by atoms with van der Waals surface area (Å²) in [6.07, 6.45) is -0.319. The van der Waals surface area contributed by atoms with Gasteiger partial charge in [-0.3, -0.25) is 4.57 Å². The third kappa shape index (κ3) is 3.83. The zero-order valence-corrected chi connectivity index (χ0v) is 26.8. The highest BCUT2D eigenvalue weighted by Crippen LogP contribution is 2.52. The van der Waals surface area contributed by atoms with E-state index in [1.54, 1.807) is 0 Å². The molecule has 1 aliphatic carbocycles. The Bertz CT molecular complexity index is 2680. The maximum Gasteiger partial charge on any atom is 0.211 e. The number of benzene rings is 7. The fraction of sp³-hybridized carbons (Fsp3) is 0.0909. The highest BCUT2D eigenvalue weighted by atomic mass is 15.3. The van der Waals surface area contributed by atoms with Crippen molar-refractivity contribution in [1.82, 2.24) is 9.88 Å². The second-order valence-corrected chi connectivity index (χ2v) is 13.5. The zero-order valence-electron chi connectivity index (χ0n) is 26.8. The van der Waals surface area contributed by atoms with E-state index < -0.39 is 0 Å². The van der Waals surface area contributed by atoms with E-state index in [0.717, 1.165) is 28.1 Å². The standard InChI is InChI=1S/C44H32N4/c1-44(2)34-20-10-8-18-32(34)40-38-30(17-12-21-35(38)44)26-37-39(40)33-19-9-11-22-36(33)48(37)43-46-41(28-14-4-3-5-15-28)45-42(47-43)31-24-23-27-13-6-7-16-29(27)25-31/h3-26,42H,1-2H3,(H,45,46,47). The highest BCUT2D eigenvalue weighted by molar-refractivity contribution is 6.27. The number of para-hydroxylation sites is 1. The fourth-order valence-corrected chi connectivity index (χ4v) is 8.13. The lowest BCUT2D eigenvalue weighted by molar-refractivity contribution is 0.645. The number of hydrogen-bond donors (Lipinski definition) is 1. The van der Waals surface area contributed by atoms with Crippen molar-refractivity contribution in [2.24, 2.45) is 9.98 Å². The Kier molecular flexibility index (Phi) is 5.65. The molecule has 0 saturated carbocycles. The maximum absolute atomic E-state index is 5.29. The van der Waals surface area contributed by atoms with E-state index in [1.807, 2.05) is 18.2 Å². The molecule has 1 aromatic heterocycles. The van der Waals surface area contributed by atoms with E-state index in [1.165, 1.54) is 54.6 Å². The molecule has 8 aromatic rings. The van der Waals surface area contributed by atoms with E-state index >= 15 is 0 Å². The molecule has 0 amide bonds. The average Bonchev–Trinajstić information content (AvgIpc) is 3.47. The first-order valence-electron chi connectivity index (χ1n) is 16.6. The van der Waals surface area contributed by atoms with Crippen LogP contribution in [-0.2, 0) is 5.41 Å². The molecular weight excluding hydrogens is 585 g/mol. The molecule has 10 rings (SSSR count). The van der Waals surface area contributed by atoms with Crippen LogP contribution in [0.3, 0.4) is 0 Å². The van der Waals surface area contributed by atoms with E-state index in [-0.39, 0.29) is 11.6 Å². The summed E-state index contributed by atoms with van der Waals surface area (Å²) in [5.74, 6) is 1.48. The van der Waals surface area contributed by atoms with E-state index in [4.69, 9.17) is 9.98 Å². The molecule has 48 heavy (non-hydrogen) atoms. The van der Waals surface area contributed by atoms with Crippen molar-refractivity contribution in [3.8, 4) is 11.1 Å². The summed E-state index contributed by atoms with van der Waals surface area (Å²) in [7, 11) is 0. The Balaban J connectivity index is 1.28. The van der Waals surface area contributed by atoms with Crippen LogP contribution in [0.15, 0.2) is 156 Å². The van der Waals surface area contributed by atoms with Gasteiger partial charge in [-0.1, -0.05) is 141 Å². The first-order chi connectivity index (χ1) is 23.6. The molecule has 1 atom stereocenters. The average molecular weight is 617 g/mol. The lowest BCUT2D eigenvalue weighted by Gasteiger charge is -2.35. The van der Waals surface area contributed by atoms with Crippen LogP contribution < -0.4 is 5.32 Å². The first-order valence-corrected chi connectivity index (χ1v) is 16.6. The van der Waals surface area contributed by atoms with Gasteiger partial charge in [-0.2, -0.15) is 4.99 Å². The van der Waals surface area contributed by atoms with E-state index in [9.17, 15) is 0 Å². The number of aliphatic imine (C=N–C) groups is 2. The number of nitrogens with zero attached hydrogens (tertiary/aromatic N) is 3. The summed E-state index contributed by atoms with van der Waals surface area (Å²) in [5.41, 5.74) is 9.55. The van der Waals surface area contributed by atoms with Crippen LogP contribution >= 0.6 is 0 Å². The largest absolute Gasteiger partial charge is 0.330 e. The van der Waals surface area contributed by atoms with Crippen molar-refractivity contribution in [2.75, 3.05) is 0 Å². The van der Waals surface area contributed by atoms with Gasteiger partial charge in [0.15, 0.2) is 5.84 Å². The summed E-state index contributed by atoms with van der Waals surface area (Å²) in [4.78, 5) is 10.5. The van der Waals surface area contributed by atoms with Crippen LogP contribution in [0.2, 0.25) is 0 Å². The molecule has 0 saturated heterocycles. The fourth-order valence-electron chi connectivity index (χ4n) is 8.13. The first kappa shape index (κ1) is 27.1. The maximum atomic E-state index is 5.29. The van der Waals surface area contributed by atoms with Gasteiger partial charge in [0.25, 0.3) is 0 Å². The Morgan fingerprint density at radius 2 is 1.33 bits per heavy atom. The molecule has 228 valence electrons. The molecule has 2 aliphatic rings. The lowest BCUT2D eigenvalue weighted by atomic mass is 9.68. The van der Waals surface area contributed by atoms with Gasteiger partial charge in [0, 0.05) is 27.3 Å². The topological polar surface area (TPSA) is 41.7 Å². The number of nitrogens with one attached hydrogen (secondary N) is 1. The molecule has 7 aromatic carbocycles. The van der Waals surface area contributed by atoms with Crippen LogP contribution in [-0.4, -0.2) is 16.4 Å². The van der Waals surface area contributed by atoms with Gasteiger partial charge in [-0.05, 0) is 62.0 Å². The van der Waals surface area contributed by atoms with Gasteiger partial charge in [0.05, 0.1) is 11.0 Å². The number of fused-ring (bicyclic) bond motifs is 7. The number of hydrogen-bond acceptors (Lipinski definition) is 3. The molecule has 0 fully saturated rings. The molecule has 0 spiro atoms. The van der Waals surface area contributed by atoms with Gasteiger partial charge < -0.3 is 5.32 Å². The number of amidine groups is 1. The van der Waals surface area contributed by atoms with Crippen molar-refractivity contribution in [2.45, 2.75) is 25.4 Å². The van der Waals surface area contributed by atoms with Crippen molar-refractivity contribution in [3.05, 3.63) is 168 Å². The predicted molar refractivity (Wildman–Crippen MR) is 200 cm³/mol. The van der Waals surface area contributed by atoms with Crippen LogP contribution in [0.5, 0.6) is 0 Å². The summed E-state index contributed by atoms with van der Waals surface area (Å²) in [5, 5.41) is 11.2. The summed E-state index contributed by atoms with van der Waals surface area (Å²) in [6.45, 7) is 4.71. The van der Waals surface area contributed by atoms with E-state index in [0.29, 0.717) is 5.84 Å². The minimum atomic E-state index is -0.319. The summed E-state index contributed by atoms with van der Waals surface area (Å²) >= 11 is 0. The third-order valence-corrected chi connectivity index (χ3v) is 10.4. The molecule has 1 N–H and O–H groups in total. The Morgan fingerprint density at radius 1 is 0.604 bits per heavy atom. The number of rotatable bonds is 2. The second kappa shape index (κ2) is 10.00. The Hall–Kier alpha value is -6.00. The summed E-state index contributed by atoms with van der Waals surface area (Å²) < 4.78 is 2.32. The van der Waals surface area contributed by atoms with Crippen molar-refractivity contribution in [1.29, 1.82) is 0 Å². The van der Waals surface area contributed by atoms with Crippen molar-refractivity contribution < 1.29 is 0 Å². The normalized spacial score (nSPS) is 16.5. The van der Waals surface area contributed by atoms with Crippen molar-refractivity contribution >= 4 is 55.1 Å². The van der Waals surface area contributed by atoms with Crippen LogP contribution in [0, 0.1) is 0 Å². The van der Waals surface area contributed by atoms with Gasteiger partial charge in [-0.25, -0.2) is 4.99 Å². The minimum Gasteiger partial charge on any atom is -0.330 e.